The van der Waals surface area contributed by atoms with Gasteiger partial charge in [0.1, 0.15) is 0 Å². The lowest BCUT2D eigenvalue weighted by molar-refractivity contribution is -0.394. The average molecular weight is 271 g/mol. The number of nitro groups is 2. The molecule has 0 spiro atoms. The van der Waals surface area contributed by atoms with E-state index in [4.69, 9.17) is 0 Å². The summed E-state index contributed by atoms with van der Waals surface area (Å²) in [5.41, 5.74) is -0.489. The molecule has 0 saturated heterocycles. The molecule has 0 atom stereocenters. The van der Waals surface area contributed by atoms with Crippen molar-refractivity contribution in [3.05, 3.63) is 44.0 Å². The third-order valence-electron chi connectivity index (χ3n) is 1.52. The SMILES string of the molecule is O=[N+]([O-])c1cc(C#CBr)cc([N+](=O)[O-])c1. The molecule has 0 aliphatic rings. The van der Waals surface area contributed by atoms with Crippen LogP contribution >= 0.6 is 15.9 Å². The Labute approximate surface area is 92.3 Å². The molecule has 0 heterocycles. The molecule has 6 nitrogen and oxygen atoms in total. The van der Waals surface area contributed by atoms with Crippen LogP contribution in [-0.2, 0) is 0 Å². The zero-order chi connectivity index (χ0) is 11.4. The van der Waals surface area contributed by atoms with Gasteiger partial charge >= 0.3 is 0 Å². The minimum Gasteiger partial charge on any atom is -0.258 e. The van der Waals surface area contributed by atoms with Gasteiger partial charge in [0.25, 0.3) is 11.4 Å². The summed E-state index contributed by atoms with van der Waals surface area (Å²) in [5.74, 6) is 2.46. The minimum absolute atomic E-state index is 0.216. The number of halogens is 1. The van der Waals surface area contributed by atoms with Crippen molar-refractivity contribution in [1.29, 1.82) is 0 Å². The van der Waals surface area contributed by atoms with E-state index < -0.39 is 9.85 Å². The van der Waals surface area contributed by atoms with Crippen molar-refractivity contribution in [2.45, 2.75) is 0 Å². The van der Waals surface area contributed by atoms with Gasteiger partial charge in [0, 0.05) is 33.6 Å². The van der Waals surface area contributed by atoms with E-state index in [0.29, 0.717) is 0 Å². The molecule has 0 fully saturated rings. The molecule has 1 aromatic rings. The van der Waals surface area contributed by atoms with Crippen LogP contribution in [0.1, 0.15) is 5.56 Å². The average Bonchev–Trinajstić information content (AvgIpc) is 2.17. The maximum Gasteiger partial charge on any atom is 0.277 e. The summed E-state index contributed by atoms with van der Waals surface area (Å²) in [7, 11) is 0. The molecule has 0 aliphatic heterocycles. The smallest absolute Gasteiger partial charge is 0.258 e. The quantitative estimate of drug-likeness (QED) is 0.468. The summed E-state index contributed by atoms with van der Waals surface area (Å²) in [4.78, 5) is 21.8. The molecule has 0 amide bonds. The molecule has 76 valence electrons. The zero-order valence-corrected chi connectivity index (χ0v) is 8.72. The summed E-state index contributed by atoms with van der Waals surface area (Å²) < 4.78 is 0. The second-order valence-electron chi connectivity index (χ2n) is 2.47. The van der Waals surface area contributed by atoms with Gasteiger partial charge in [-0.05, 0) is 4.83 Å². The molecule has 0 saturated carbocycles. The number of benzene rings is 1. The first-order valence-electron chi connectivity index (χ1n) is 3.60. The first-order chi connectivity index (χ1) is 7.04. The number of rotatable bonds is 2. The fraction of sp³-hybridized carbons (Fsp3) is 0. The lowest BCUT2D eigenvalue weighted by Crippen LogP contribution is -1.93. The van der Waals surface area contributed by atoms with Crippen LogP contribution in [0.5, 0.6) is 0 Å². The molecular weight excluding hydrogens is 268 g/mol. The van der Waals surface area contributed by atoms with Crippen molar-refractivity contribution in [3.63, 3.8) is 0 Å². The Hall–Kier alpha value is -1.94. The highest BCUT2D eigenvalue weighted by Gasteiger charge is 2.15. The van der Waals surface area contributed by atoms with E-state index >= 15 is 0 Å². The van der Waals surface area contributed by atoms with Crippen LogP contribution in [0.25, 0.3) is 0 Å². The van der Waals surface area contributed by atoms with Crippen LogP contribution in [0, 0.1) is 31.0 Å². The molecule has 0 unspecified atom stereocenters. The van der Waals surface area contributed by atoms with Crippen LogP contribution in [-0.4, -0.2) is 9.85 Å². The van der Waals surface area contributed by atoms with Gasteiger partial charge in [-0.1, -0.05) is 5.92 Å². The fourth-order valence-electron chi connectivity index (χ4n) is 0.933. The van der Waals surface area contributed by atoms with Gasteiger partial charge in [0.2, 0.25) is 0 Å². The van der Waals surface area contributed by atoms with Crippen molar-refractivity contribution >= 4 is 27.3 Å². The summed E-state index contributed by atoms with van der Waals surface area (Å²) in [6.45, 7) is 0. The Morgan fingerprint density at radius 3 is 1.87 bits per heavy atom. The first kappa shape index (κ1) is 11.1. The maximum atomic E-state index is 10.5. The Kier molecular flexibility index (Phi) is 3.36. The van der Waals surface area contributed by atoms with E-state index in [1.165, 1.54) is 12.1 Å². The zero-order valence-electron chi connectivity index (χ0n) is 7.14. The third-order valence-corrected chi connectivity index (χ3v) is 1.71. The molecule has 1 aromatic carbocycles. The van der Waals surface area contributed by atoms with Gasteiger partial charge in [0.15, 0.2) is 0 Å². The Balaban J connectivity index is 3.36. The highest BCUT2D eigenvalue weighted by Crippen LogP contribution is 2.22. The summed E-state index contributed by atoms with van der Waals surface area (Å²) >= 11 is 2.81. The van der Waals surface area contributed by atoms with Crippen molar-refractivity contribution in [2.24, 2.45) is 0 Å². The number of hydrogen-bond acceptors (Lipinski definition) is 4. The highest BCUT2D eigenvalue weighted by molar-refractivity contribution is 9.12. The predicted octanol–water partition coefficient (Wildman–Crippen LogP) is 2.21. The van der Waals surface area contributed by atoms with E-state index in [9.17, 15) is 20.2 Å². The molecule has 0 N–H and O–H groups in total. The van der Waals surface area contributed by atoms with Crippen molar-refractivity contribution in [1.82, 2.24) is 0 Å². The van der Waals surface area contributed by atoms with Crippen LogP contribution in [0.4, 0.5) is 11.4 Å². The summed E-state index contributed by atoms with van der Waals surface area (Å²) in [6.07, 6.45) is 0. The fourth-order valence-corrected chi connectivity index (χ4v) is 1.16. The molecule has 0 aromatic heterocycles. The van der Waals surface area contributed by atoms with Gasteiger partial charge in [-0.3, -0.25) is 20.2 Å². The monoisotopic (exact) mass is 270 g/mol. The molecule has 0 bridgehead atoms. The topological polar surface area (TPSA) is 86.3 Å². The molecular formula is C8H3BrN2O4. The second-order valence-corrected chi connectivity index (χ2v) is 2.87. The number of hydrogen-bond donors (Lipinski definition) is 0. The van der Waals surface area contributed by atoms with Gasteiger partial charge in [-0.25, -0.2) is 0 Å². The van der Waals surface area contributed by atoms with Gasteiger partial charge in [-0.2, -0.15) is 0 Å². The van der Waals surface area contributed by atoms with Crippen LogP contribution in [0.15, 0.2) is 18.2 Å². The molecule has 7 heteroatoms. The van der Waals surface area contributed by atoms with E-state index in [1.807, 2.05) is 0 Å². The lowest BCUT2D eigenvalue weighted by atomic mass is 10.2. The molecule has 15 heavy (non-hydrogen) atoms. The minimum atomic E-state index is -0.702. The van der Waals surface area contributed by atoms with Crippen LogP contribution < -0.4 is 0 Å². The van der Waals surface area contributed by atoms with Gasteiger partial charge in [0.05, 0.1) is 15.9 Å². The lowest BCUT2D eigenvalue weighted by Gasteiger charge is -1.94. The van der Waals surface area contributed by atoms with Gasteiger partial charge < -0.3 is 0 Å². The van der Waals surface area contributed by atoms with E-state index in [0.717, 1.165) is 6.07 Å². The van der Waals surface area contributed by atoms with Gasteiger partial charge in [-0.15, -0.1) is 0 Å². The molecule has 0 radical (unpaired) electrons. The Bertz CT molecular complexity index is 457. The van der Waals surface area contributed by atoms with Crippen LogP contribution in [0.3, 0.4) is 0 Å². The summed E-state index contributed by atoms with van der Waals surface area (Å²) in [6, 6.07) is 3.22. The predicted molar refractivity (Wildman–Crippen MR) is 55.6 cm³/mol. The second kappa shape index (κ2) is 4.52. The first-order valence-corrected chi connectivity index (χ1v) is 4.39. The van der Waals surface area contributed by atoms with E-state index in [-0.39, 0.29) is 16.9 Å². The summed E-state index contributed by atoms with van der Waals surface area (Å²) in [5, 5.41) is 20.9. The Morgan fingerprint density at radius 2 is 1.53 bits per heavy atom. The highest BCUT2D eigenvalue weighted by atomic mass is 79.9. The van der Waals surface area contributed by atoms with Crippen molar-refractivity contribution < 1.29 is 9.85 Å². The number of non-ortho nitro benzene ring substituents is 2. The van der Waals surface area contributed by atoms with Crippen molar-refractivity contribution in [3.8, 4) is 10.8 Å². The molecule has 0 aliphatic carbocycles. The van der Waals surface area contributed by atoms with Crippen LogP contribution in [0.2, 0.25) is 0 Å². The Morgan fingerprint density at radius 1 is 1.07 bits per heavy atom. The number of nitro benzene ring substituents is 2. The number of nitrogens with zero attached hydrogens (tertiary/aromatic N) is 2. The van der Waals surface area contributed by atoms with E-state index in [2.05, 4.69) is 26.7 Å². The normalized spacial score (nSPS) is 8.87. The largest absolute Gasteiger partial charge is 0.277 e. The standard InChI is InChI=1S/C8H3BrN2O4/c9-2-1-6-3-7(10(12)13)5-8(4-6)11(14)15/h3-5H. The van der Waals surface area contributed by atoms with Crippen molar-refractivity contribution in [2.75, 3.05) is 0 Å². The molecule has 1 rings (SSSR count). The maximum absolute atomic E-state index is 10.5. The third kappa shape index (κ3) is 2.75. The van der Waals surface area contributed by atoms with E-state index in [1.54, 1.807) is 0 Å².